The van der Waals surface area contributed by atoms with Crippen molar-refractivity contribution >= 4 is 5.96 Å². The number of rotatable bonds is 4. The zero-order chi connectivity index (χ0) is 13.1. The van der Waals surface area contributed by atoms with Gasteiger partial charge in [0.1, 0.15) is 0 Å². The van der Waals surface area contributed by atoms with Gasteiger partial charge in [0.05, 0.1) is 19.7 Å². The molecular weight excluding hydrogens is 228 g/mol. The standard InChI is InChI=1S/C13H20N4O/c1-4-9(2)17-11(8-16-13(17)14)10-5-6-12(18-3)15-7-10/h5-7,9,11H,4,8H2,1-3H3,(H2,14,16). The van der Waals surface area contributed by atoms with E-state index in [2.05, 4.69) is 28.7 Å². The van der Waals surface area contributed by atoms with Crippen molar-refractivity contribution in [1.82, 2.24) is 9.88 Å². The van der Waals surface area contributed by atoms with Crippen LogP contribution < -0.4 is 10.5 Å². The maximum absolute atomic E-state index is 5.97. The van der Waals surface area contributed by atoms with E-state index >= 15 is 0 Å². The number of nitrogens with zero attached hydrogens (tertiary/aromatic N) is 3. The van der Waals surface area contributed by atoms with Gasteiger partial charge in [-0.1, -0.05) is 6.92 Å². The second-order valence-electron chi connectivity index (χ2n) is 4.51. The van der Waals surface area contributed by atoms with Crippen LogP contribution in [0.3, 0.4) is 0 Å². The molecule has 5 heteroatoms. The summed E-state index contributed by atoms with van der Waals surface area (Å²) in [6, 6.07) is 4.47. The Bertz CT molecular complexity index is 429. The molecule has 1 aromatic heterocycles. The van der Waals surface area contributed by atoms with E-state index in [1.165, 1.54) is 0 Å². The number of ether oxygens (including phenoxy) is 1. The molecule has 2 rings (SSSR count). The molecule has 1 aliphatic rings. The largest absolute Gasteiger partial charge is 0.481 e. The van der Waals surface area contributed by atoms with E-state index in [9.17, 15) is 0 Å². The number of hydrogen-bond donors (Lipinski definition) is 1. The Kier molecular flexibility index (Phi) is 3.69. The van der Waals surface area contributed by atoms with Crippen LogP contribution in [0, 0.1) is 0 Å². The molecule has 0 radical (unpaired) electrons. The summed E-state index contributed by atoms with van der Waals surface area (Å²) in [6.07, 6.45) is 2.88. The summed E-state index contributed by atoms with van der Waals surface area (Å²) >= 11 is 0. The molecule has 0 aliphatic carbocycles. The summed E-state index contributed by atoms with van der Waals surface area (Å²) in [5.74, 6) is 1.26. The summed E-state index contributed by atoms with van der Waals surface area (Å²) in [6.45, 7) is 5.02. The first-order chi connectivity index (χ1) is 8.67. The van der Waals surface area contributed by atoms with E-state index < -0.39 is 0 Å². The lowest BCUT2D eigenvalue weighted by Gasteiger charge is -2.31. The van der Waals surface area contributed by atoms with Gasteiger partial charge >= 0.3 is 0 Å². The highest BCUT2D eigenvalue weighted by Crippen LogP contribution is 2.28. The fraction of sp³-hybridized carbons (Fsp3) is 0.538. The average molecular weight is 248 g/mol. The Labute approximate surface area is 108 Å². The molecule has 2 N–H and O–H groups in total. The van der Waals surface area contributed by atoms with Crippen molar-refractivity contribution < 1.29 is 4.74 Å². The van der Waals surface area contributed by atoms with Gasteiger partial charge in [-0.05, 0) is 25.0 Å². The second-order valence-corrected chi connectivity index (χ2v) is 4.51. The van der Waals surface area contributed by atoms with E-state index in [0.29, 0.717) is 24.4 Å². The average Bonchev–Trinajstić information content (AvgIpc) is 2.80. The molecule has 5 nitrogen and oxygen atoms in total. The third kappa shape index (κ3) is 2.25. The highest BCUT2D eigenvalue weighted by Gasteiger charge is 2.30. The molecule has 0 fully saturated rings. The Morgan fingerprint density at radius 3 is 2.89 bits per heavy atom. The Balaban J connectivity index is 2.21. The predicted molar refractivity (Wildman–Crippen MR) is 71.6 cm³/mol. The number of guanidine groups is 1. The van der Waals surface area contributed by atoms with Crippen molar-refractivity contribution in [2.24, 2.45) is 10.7 Å². The normalized spacial score (nSPS) is 20.7. The van der Waals surface area contributed by atoms with Crippen LogP contribution >= 0.6 is 0 Å². The minimum atomic E-state index is 0.193. The number of hydrogen-bond acceptors (Lipinski definition) is 5. The van der Waals surface area contributed by atoms with Crippen molar-refractivity contribution in [1.29, 1.82) is 0 Å². The van der Waals surface area contributed by atoms with Crippen LogP contribution in [-0.4, -0.2) is 35.5 Å². The Morgan fingerprint density at radius 1 is 1.56 bits per heavy atom. The van der Waals surface area contributed by atoms with Gasteiger partial charge in [0.15, 0.2) is 5.96 Å². The van der Waals surface area contributed by atoms with Crippen LogP contribution in [0.1, 0.15) is 31.9 Å². The fourth-order valence-electron chi connectivity index (χ4n) is 2.21. The minimum Gasteiger partial charge on any atom is -0.481 e. The molecule has 2 atom stereocenters. The molecular formula is C13H20N4O. The van der Waals surface area contributed by atoms with Gasteiger partial charge in [0.25, 0.3) is 0 Å². The molecule has 2 unspecified atom stereocenters. The molecule has 1 aliphatic heterocycles. The highest BCUT2D eigenvalue weighted by molar-refractivity contribution is 5.80. The predicted octanol–water partition coefficient (Wildman–Crippen LogP) is 1.56. The van der Waals surface area contributed by atoms with Crippen LogP contribution in [0.15, 0.2) is 23.3 Å². The van der Waals surface area contributed by atoms with Gasteiger partial charge in [-0.15, -0.1) is 0 Å². The maximum atomic E-state index is 5.97. The van der Waals surface area contributed by atoms with Crippen LogP contribution in [0.4, 0.5) is 0 Å². The van der Waals surface area contributed by atoms with Gasteiger partial charge in [-0.2, -0.15) is 0 Å². The zero-order valence-electron chi connectivity index (χ0n) is 11.1. The molecule has 0 spiro atoms. The third-order valence-electron chi connectivity index (χ3n) is 3.45. The van der Waals surface area contributed by atoms with Crippen molar-refractivity contribution in [3.05, 3.63) is 23.9 Å². The molecule has 1 aromatic rings. The number of aliphatic imine (C=N–C) groups is 1. The summed E-state index contributed by atoms with van der Waals surface area (Å²) in [5.41, 5.74) is 7.10. The quantitative estimate of drug-likeness (QED) is 0.878. The highest BCUT2D eigenvalue weighted by atomic mass is 16.5. The number of nitrogens with two attached hydrogens (primary N) is 1. The molecule has 0 amide bonds. The van der Waals surface area contributed by atoms with Crippen LogP contribution in [-0.2, 0) is 0 Å². The number of pyridine rings is 1. The molecule has 0 saturated heterocycles. The SMILES string of the molecule is CCC(C)N1C(N)=NCC1c1ccc(OC)nc1. The molecule has 0 bridgehead atoms. The molecule has 98 valence electrons. The first-order valence-electron chi connectivity index (χ1n) is 6.25. The molecule has 0 saturated carbocycles. The summed E-state index contributed by atoms with van der Waals surface area (Å²) in [5, 5.41) is 0. The number of methoxy groups -OCH3 is 1. The first-order valence-corrected chi connectivity index (χ1v) is 6.25. The smallest absolute Gasteiger partial charge is 0.212 e. The van der Waals surface area contributed by atoms with E-state index in [1.807, 2.05) is 18.3 Å². The van der Waals surface area contributed by atoms with Crippen molar-refractivity contribution in [3.8, 4) is 5.88 Å². The third-order valence-corrected chi connectivity index (χ3v) is 3.45. The van der Waals surface area contributed by atoms with Gasteiger partial charge in [0.2, 0.25) is 5.88 Å². The van der Waals surface area contributed by atoms with E-state index in [1.54, 1.807) is 7.11 Å². The fourth-order valence-corrected chi connectivity index (χ4v) is 2.21. The summed E-state index contributed by atoms with van der Waals surface area (Å²) in [7, 11) is 1.62. The van der Waals surface area contributed by atoms with Crippen molar-refractivity contribution in [2.45, 2.75) is 32.4 Å². The molecule has 2 heterocycles. The second kappa shape index (κ2) is 5.25. The molecule has 18 heavy (non-hydrogen) atoms. The van der Waals surface area contributed by atoms with E-state index in [-0.39, 0.29) is 6.04 Å². The lowest BCUT2D eigenvalue weighted by atomic mass is 10.1. The van der Waals surface area contributed by atoms with Crippen molar-refractivity contribution in [3.63, 3.8) is 0 Å². The maximum Gasteiger partial charge on any atom is 0.212 e. The van der Waals surface area contributed by atoms with Gasteiger partial charge < -0.3 is 15.4 Å². The Morgan fingerprint density at radius 2 is 2.33 bits per heavy atom. The lowest BCUT2D eigenvalue weighted by molar-refractivity contribution is 0.268. The van der Waals surface area contributed by atoms with Crippen molar-refractivity contribution in [2.75, 3.05) is 13.7 Å². The summed E-state index contributed by atoms with van der Waals surface area (Å²) in [4.78, 5) is 10.8. The van der Waals surface area contributed by atoms with Gasteiger partial charge in [-0.25, -0.2) is 4.98 Å². The van der Waals surface area contributed by atoms with Gasteiger partial charge in [-0.3, -0.25) is 4.99 Å². The van der Waals surface area contributed by atoms with Crippen LogP contribution in [0.5, 0.6) is 5.88 Å². The zero-order valence-corrected chi connectivity index (χ0v) is 11.1. The summed E-state index contributed by atoms with van der Waals surface area (Å²) < 4.78 is 5.07. The lowest BCUT2D eigenvalue weighted by Crippen LogP contribution is -2.42. The van der Waals surface area contributed by atoms with Gasteiger partial charge in [0, 0.05) is 18.3 Å². The topological polar surface area (TPSA) is 63.7 Å². The monoisotopic (exact) mass is 248 g/mol. The minimum absolute atomic E-state index is 0.193. The van der Waals surface area contributed by atoms with Crippen LogP contribution in [0.2, 0.25) is 0 Å². The van der Waals surface area contributed by atoms with E-state index in [4.69, 9.17) is 10.5 Å². The van der Waals surface area contributed by atoms with E-state index in [0.717, 1.165) is 12.0 Å². The molecule has 0 aromatic carbocycles. The number of aromatic nitrogens is 1. The Hall–Kier alpha value is -1.78. The first kappa shape index (κ1) is 12.7. The van der Waals surface area contributed by atoms with Crippen LogP contribution in [0.25, 0.3) is 0 Å².